The molecule has 1 atom stereocenters. The van der Waals surface area contributed by atoms with E-state index in [1.807, 2.05) is 66.5 Å². The zero-order chi connectivity index (χ0) is 18.1. The van der Waals surface area contributed by atoms with Gasteiger partial charge in [0.05, 0.1) is 12.6 Å². The summed E-state index contributed by atoms with van der Waals surface area (Å²) in [7, 11) is 1.86. The van der Waals surface area contributed by atoms with Crippen molar-refractivity contribution in [3.63, 3.8) is 0 Å². The lowest BCUT2D eigenvalue weighted by Crippen LogP contribution is -2.32. The van der Waals surface area contributed by atoms with Crippen LogP contribution in [0.5, 0.6) is 5.75 Å². The maximum Gasteiger partial charge on any atom is 0.238 e. The lowest BCUT2D eigenvalue weighted by atomic mass is 10.2. The summed E-state index contributed by atoms with van der Waals surface area (Å²) in [6.07, 6.45) is 0.297. The van der Waals surface area contributed by atoms with Crippen molar-refractivity contribution in [1.29, 1.82) is 0 Å². The summed E-state index contributed by atoms with van der Waals surface area (Å²) in [5.74, 6) is 0.682. The monoisotopic (exact) mass is 342 g/mol. The van der Waals surface area contributed by atoms with E-state index in [0.717, 1.165) is 17.0 Å². The molecular formula is C20H26N2O3. The molecule has 0 saturated heterocycles. The van der Waals surface area contributed by atoms with Gasteiger partial charge in [-0.05, 0) is 50.2 Å². The van der Waals surface area contributed by atoms with Gasteiger partial charge in [0, 0.05) is 12.2 Å². The van der Waals surface area contributed by atoms with Crippen molar-refractivity contribution in [3.8, 4) is 5.75 Å². The lowest BCUT2D eigenvalue weighted by Gasteiger charge is -2.17. The second-order valence-electron chi connectivity index (χ2n) is 6.22. The molecule has 134 valence electrons. The molecule has 0 fully saturated rings. The van der Waals surface area contributed by atoms with Crippen LogP contribution in [0.1, 0.15) is 18.9 Å². The van der Waals surface area contributed by atoms with Crippen LogP contribution in [-0.4, -0.2) is 42.2 Å². The van der Waals surface area contributed by atoms with E-state index in [2.05, 4.69) is 5.32 Å². The SMILES string of the molecule is CC(O)CCN(C)CC(=O)Nc1ccc(OCc2ccccc2)cc1. The first kappa shape index (κ1) is 19.0. The van der Waals surface area contributed by atoms with E-state index in [9.17, 15) is 9.90 Å². The highest BCUT2D eigenvalue weighted by Gasteiger charge is 2.08. The quantitative estimate of drug-likeness (QED) is 0.736. The first-order valence-corrected chi connectivity index (χ1v) is 8.46. The number of hydrogen-bond acceptors (Lipinski definition) is 4. The minimum absolute atomic E-state index is 0.0777. The Hall–Kier alpha value is -2.37. The molecule has 0 aromatic heterocycles. The largest absolute Gasteiger partial charge is 0.489 e. The second-order valence-corrected chi connectivity index (χ2v) is 6.22. The summed E-state index contributed by atoms with van der Waals surface area (Å²) in [6.45, 7) is 3.23. The highest BCUT2D eigenvalue weighted by molar-refractivity contribution is 5.92. The van der Waals surface area contributed by atoms with Crippen LogP contribution < -0.4 is 10.1 Å². The van der Waals surface area contributed by atoms with E-state index in [1.54, 1.807) is 6.92 Å². The van der Waals surface area contributed by atoms with Crippen LogP contribution in [0.25, 0.3) is 0 Å². The van der Waals surface area contributed by atoms with Gasteiger partial charge in [0.1, 0.15) is 12.4 Å². The summed E-state index contributed by atoms with van der Waals surface area (Å²) >= 11 is 0. The summed E-state index contributed by atoms with van der Waals surface area (Å²) in [6, 6.07) is 17.3. The highest BCUT2D eigenvalue weighted by atomic mass is 16.5. The Kier molecular flexibility index (Phi) is 7.44. The number of benzene rings is 2. The molecule has 0 aliphatic heterocycles. The first-order valence-electron chi connectivity index (χ1n) is 8.46. The number of anilines is 1. The molecule has 0 heterocycles. The number of carbonyl (C=O) groups is 1. The number of aliphatic hydroxyl groups excluding tert-OH is 1. The summed E-state index contributed by atoms with van der Waals surface area (Å²) in [5, 5.41) is 12.1. The second kappa shape index (κ2) is 9.81. The number of aliphatic hydroxyl groups is 1. The number of ether oxygens (including phenoxy) is 1. The maximum absolute atomic E-state index is 12.0. The molecule has 2 N–H and O–H groups in total. The molecule has 5 heteroatoms. The van der Waals surface area contributed by atoms with Gasteiger partial charge in [-0.25, -0.2) is 0 Å². The van der Waals surface area contributed by atoms with Gasteiger partial charge in [-0.1, -0.05) is 30.3 Å². The van der Waals surface area contributed by atoms with Gasteiger partial charge in [0.15, 0.2) is 0 Å². The highest BCUT2D eigenvalue weighted by Crippen LogP contribution is 2.17. The number of amides is 1. The first-order chi connectivity index (χ1) is 12.0. The minimum Gasteiger partial charge on any atom is -0.489 e. The van der Waals surface area contributed by atoms with E-state index >= 15 is 0 Å². The third-order valence-corrected chi connectivity index (χ3v) is 3.73. The Morgan fingerprint density at radius 2 is 1.84 bits per heavy atom. The van der Waals surface area contributed by atoms with Gasteiger partial charge in [-0.15, -0.1) is 0 Å². The van der Waals surface area contributed by atoms with Crippen molar-refractivity contribution in [1.82, 2.24) is 4.90 Å². The molecule has 1 unspecified atom stereocenters. The van der Waals surface area contributed by atoms with Gasteiger partial charge in [0.25, 0.3) is 0 Å². The fraction of sp³-hybridized carbons (Fsp3) is 0.350. The maximum atomic E-state index is 12.0. The average Bonchev–Trinajstić information content (AvgIpc) is 2.60. The molecule has 0 radical (unpaired) electrons. The third kappa shape index (κ3) is 7.37. The topological polar surface area (TPSA) is 61.8 Å². The van der Waals surface area contributed by atoms with Gasteiger partial charge >= 0.3 is 0 Å². The lowest BCUT2D eigenvalue weighted by molar-refractivity contribution is -0.117. The molecule has 2 aromatic carbocycles. The van der Waals surface area contributed by atoms with E-state index in [0.29, 0.717) is 26.1 Å². The van der Waals surface area contributed by atoms with Gasteiger partial charge in [0.2, 0.25) is 5.91 Å². The Bertz CT molecular complexity index is 642. The number of nitrogens with zero attached hydrogens (tertiary/aromatic N) is 1. The molecule has 0 aliphatic rings. The Morgan fingerprint density at radius 3 is 2.48 bits per heavy atom. The fourth-order valence-corrected chi connectivity index (χ4v) is 2.31. The molecule has 0 bridgehead atoms. The summed E-state index contributed by atoms with van der Waals surface area (Å²) in [4.78, 5) is 13.9. The smallest absolute Gasteiger partial charge is 0.238 e. The van der Waals surface area contributed by atoms with E-state index < -0.39 is 0 Å². The number of carbonyl (C=O) groups excluding carboxylic acids is 1. The van der Waals surface area contributed by atoms with Crippen LogP contribution in [0.15, 0.2) is 54.6 Å². The fourth-order valence-electron chi connectivity index (χ4n) is 2.31. The van der Waals surface area contributed by atoms with E-state index in [-0.39, 0.29) is 12.0 Å². The predicted octanol–water partition coefficient (Wildman–Crippen LogP) is 2.91. The normalized spacial score (nSPS) is 12.0. The molecule has 0 aliphatic carbocycles. The van der Waals surface area contributed by atoms with E-state index in [1.165, 1.54) is 0 Å². The predicted molar refractivity (Wildman–Crippen MR) is 99.6 cm³/mol. The molecular weight excluding hydrogens is 316 g/mol. The summed E-state index contributed by atoms with van der Waals surface area (Å²) < 4.78 is 5.73. The zero-order valence-electron chi connectivity index (χ0n) is 14.8. The average molecular weight is 342 g/mol. The van der Waals surface area contributed by atoms with Crippen molar-refractivity contribution in [2.24, 2.45) is 0 Å². The standard InChI is InChI=1S/C20H26N2O3/c1-16(23)12-13-22(2)14-20(24)21-18-8-10-19(11-9-18)25-15-17-6-4-3-5-7-17/h3-11,16,23H,12-15H2,1-2H3,(H,21,24). The van der Waals surface area contributed by atoms with Crippen LogP contribution in [0.3, 0.4) is 0 Å². The van der Waals surface area contributed by atoms with Crippen LogP contribution in [0.4, 0.5) is 5.69 Å². The molecule has 25 heavy (non-hydrogen) atoms. The zero-order valence-corrected chi connectivity index (χ0v) is 14.8. The van der Waals surface area contributed by atoms with Crippen LogP contribution in [0, 0.1) is 0 Å². The van der Waals surface area contributed by atoms with Crippen molar-refractivity contribution in [2.45, 2.75) is 26.1 Å². The van der Waals surface area contributed by atoms with Crippen LogP contribution >= 0.6 is 0 Å². The number of likely N-dealkylation sites (N-methyl/N-ethyl adjacent to an activating group) is 1. The van der Waals surface area contributed by atoms with Gasteiger partial charge in [-0.3, -0.25) is 9.69 Å². The molecule has 0 spiro atoms. The molecule has 2 rings (SSSR count). The summed E-state index contributed by atoms with van der Waals surface area (Å²) in [5.41, 5.74) is 1.85. The van der Waals surface area contributed by atoms with Crippen molar-refractivity contribution in [3.05, 3.63) is 60.2 Å². The van der Waals surface area contributed by atoms with Gasteiger partial charge < -0.3 is 15.2 Å². The molecule has 2 aromatic rings. The van der Waals surface area contributed by atoms with Crippen LogP contribution in [0.2, 0.25) is 0 Å². The number of hydrogen-bond donors (Lipinski definition) is 2. The Labute approximate surface area is 149 Å². The Morgan fingerprint density at radius 1 is 1.16 bits per heavy atom. The Balaban J connectivity index is 1.76. The van der Waals surface area contributed by atoms with Crippen molar-refractivity contribution >= 4 is 11.6 Å². The van der Waals surface area contributed by atoms with Crippen LogP contribution in [-0.2, 0) is 11.4 Å². The third-order valence-electron chi connectivity index (χ3n) is 3.73. The van der Waals surface area contributed by atoms with Crippen molar-refractivity contribution < 1.29 is 14.6 Å². The minimum atomic E-state index is -0.353. The van der Waals surface area contributed by atoms with Gasteiger partial charge in [-0.2, -0.15) is 0 Å². The van der Waals surface area contributed by atoms with E-state index in [4.69, 9.17) is 4.74 Å². The number of nitrogens with one attached hydrogen (secondary N) is 1. The van der Waals surface area contributed by atoms with Crippen molar-refractivity contribution in [2.75, 3.05) is 25.5 Å². The molecule has 1 amide bonds. The molecule has 5 nitrogen and oxygen atoms in total. The molecule has 0 saturated carbocycles. The number of rotatable bonds is 9.